The number of methoxy groups -OCH3 is 1. The van der Waals surface area contributed by atoms with Gasteiger partial charge in [-0.15, -0.1) is 0 Å². The summed E-state index contributed by atoms with van der Waals surface area (Å²) in [4.78, 5) is 10.8. The number of hydrogen-bond acceptors (Lipinski definition) is 2. The van der Waals surface area contributed by atoms with Gasteiger partial charge in [-0.2, -0.15) is 0 Å². The molecule has 0 aromatic heterocycles. The second-order valence-electron chi connectivity index (χ2n) is 4.69. The fourth-order valence-corrected chi connectivity index (χ4v) is 2.58. The highest BCUT2D eigenvalue weighted by Gasteiger charge is 2.19. The maximum absolute atomic E-state index is 10.8. The molecule has 0 radical (unpaired) electrons. The fraction of sp³-hybridized carbons (Fsp3) is 0.500. The smallest absolute Gasteiger partial charge is 0.303 e. The van der Waals surface area contributed by atoms with Crippen LogP contribution in [0.3, 0.4) is 0 Å². The lowest BCUT2D eigenvalue weighted by atomic mass is 9.94. The predicted molar refractivity (Wildman–Crippen MR) is 65.4 cm³/mol. The second-order valence-corrected chi connectivity index (χ2v) is 4.69. The molecule has 1 unspecified atom stereocenters. The number of carboxylic acid groups (broad SMARTS) is 1. The van der Waals surface area contributed by atoms with Crippen molar-refractivity contribution in [3.63, 3.8) is 0 Å². The first-order valence-electron chi connectivity index (χ1n) is 6.06. The molecule has 1 N–H and O–H groups in total. The Morgan fingerprint density at radius 2 is 2.29 bits per heavy atom. The van der Waals surface area contributed by atoms with Crippen LogP contribution < -0.4 is 4.74 Å². The molecule has 0 amide bonds. The number of carboxylic acids is 1. The summed E-state index contributed by atoms with van der Waals surface area (Å²) in [6.45, 7) is 0. The van der Waals surface area contributed by atoms with Gasteiger partial charge in [0.15, 0.2) is 0 Å². The van der Waals surface area contributed by atoms with Crippen LogP contribution in [-0.4, -0.2) is 18.2 Å². The first-order chi connectivity index (χ1) is 8.19. The molecule has 1 aliphatic carbocycles. The third-order valence-corrected chi connectivity index (χ3v) is 3.44. The Hall–Kier alpha value is -1.51. The van der Waals surface area contributed by atoms with Crippen LogP contribution in [0, 0.1) is 5.92 Å². The van der Waals surface area contributed by atoms with Gasteiger partial charge in [-0.3, -0.25) is 4.79 Å². The molecule has 1 aliphatic rings. The number of carbonyl (C=O) groups is 1. The number of aryl methyl sites for hydroxylation is 1. The van der Waals surface area contributed by atoms with E-state index in [2.05, 4.69) is 12.1 Å². The van der Waals surface area contributed by atoms with Crippen LogP contribution in [0.1, 0.15) is 30.4 Å². The van der Waals surface area contributed by atoms with Gasteiger partial charge in [-0.05, 0) is 54.9 Å². The van der Waals surface area contributed by atoms with Gasteiger partial charge in [0.2, 0.25) is 0 Å². The summed E-state index contributed by atoms with van der Waals surface area (Å²) in [5.74, 6) is 0.481. The molecule has 0 fully saturated rings. The van der Waals surface area contributed by atoms with E-state index in [1.54, 1.807) is 7.11 Å². The Bertz CT molecular complexity index is 412. The van der Waals surface area contributed by atoms with Crippen molar-refractivity contribution < 1.29 is 14.6 Å². The lowest BCUT2D eigenvalue weighted by Gasteiger charge is -2.12. The third kappa shape index (κ3) is 2.99. The summed E-state index contributed by atoms with van der Waals surface area (Å²) in [6.07, 6.45) is 4.27. The van der Waals surface area contributed by atoms with E-state index < -0.39 is 5.97 Å². The molecule has 0 aliphatic heterocycles. The normalized spacial score (nSPS) is 19.2. The van der Waals surface area contributed by atoms with Crippen molar-refractivity contribution in [3.05, 3.63) is 29.3 Å². The number of ether oxygens (including phenoxy) is 1. The van der Waals surface area contributed by atoms with Crippen molar-refractivity contribution in [1.29, 1.82) is 0 Å². The van der Waals surface area contributed by atoms with Crippen molar-refractivity contribution in [2.75, 3.05) is 7.11 Å². The minimum absolute atomic E-state index is 0.280. The standard InChI is InChI=1S/C14H18O3/c1-17-13-6-5-12-7-10(8-14(15)16)3-2-4-11(12)9-13/h5-6,9-10H,2-4,7-8H2,1H3,(H,15,16). The first kappa shape index (κ1) is 12.0. The zero-order valence-corrected chi connectivity index (χ0v) is 10.1. The quantitative estimate of drug-likeness (QED) is 0.818. The Balaban J connectivity index is 2.17. The largest absolute Gasteiger partial charge is 0.497 e. The SMILES string of the molecule is COc1ccc2c(c1)CCCC(CC(=O)O)C2. The summed E-state index contributed by atoms with van der Waals surface area (Å²) in [5, 5.41) is 8.87. The molecule has 3 heteroatoms. The molecule has 17 heavy (non-hydrogen) atoms. The van der Waals surface area contributed by atoms with E-state index >= 15 is 0 Å². The molecule has 0 bridgehead atoms. The monoisotopic (exact) mass is 234 g/mol. The van der Waals surface area contributed by atoms with Crippen molar-refractivity contribution in [2.24, 2.45) is 5.92 Å². The molecule has 92 valence electrons. The summed E-state index contributed by atoms with van der Waals surface area (Å²) in [6, 6.07) is 6.12. The van der Waals surface area contributed by atoms with Gasteiger partial charge >= 0.3 is 5.97 Å². The molecule has 0 saturated carbocycles. The van der Waals surface area contributed by atoms with Crippen LogP contribution in [0.15, 0.2) is 18.2 Å². The summed E-state index contributed by atoms with van der Waals surface area (Å²) >= 11 is 0. The van der Waals surface area contributed by atoms with Crippen LogP contribution in [0.5, 0.6) is 5.75 Å². The van der Waals surface area contributed by atoms with Gasteiger partial charge in [0.1, 0.15) is 5.75 Å². The van der Waals surface area contributed by atoms with Gasteiger partial charge in [-0.25, -0.2) is 0 Å². The number of rotatable bonds is 3. The van der Waals surface area contributed by atoms with Gasteiger partial charge in [-0.1, -0.05) is 6.07 Å². The van der Waals surface area contributed by atoms with E-state index in [0.29, 0.717) is 0 Å². The van der Waals surface area contributed by atoms with Crippen LogP contribution in [0.25, 0.3) is 0 Å². The predicted octanol–water partition coefficient (Wildman–Crippen LogP) is 2.66. The summed E-state index contributed by atoms with van der Waals surface area (Å²) in [5.41, 5.74) is 2.60. The molecular formula is C14H18O3. The number of benzene rings is 1. The second kappa shape index (κ2) is 5.21. The molecule has 3 nitrogen and oxygen atoms in total. The maximum atomic E-state index is 10.8. The topological polar surface area (TPSA) is 46.5 Å². The molecule has 1 aromatic carbocycles. The highest BCUT2D eigenvalue weighted by molar-refractivity contribution is 5.67. The van der Waals surface area contributed by atoms with Crippen molar-refractivity contribution >= 4 is 5.97 Å². The highest BCUT2D eigenvalue weighted by atomic mass is 16.5. The number of aliphatic carboxylic acids is 1. The van der Waals surface area contributed by atoms with Crippen molar-refractivity contribution in [3.8, 4) is 5.75 Å². The molecule has 0 saturated heterocycles. The Kier molecular flexibility index (Phi) is 3.67. The van der Waals surface area contributed by atoms with Crippen LogP contribution in [0.4, 0.5) is 0 Å². The zero-order valence-electron chi connectivity index (χ0n) is 10.1. The van der Waals surface area contributed by atoms with Gasteiger partial charge in [0.05, 0.1) is 7.11 Å². The van der Waals surface area contributed by atoms with E-state index in [1.807, 2.05) is 6.07 Å². The minimum atomic E-state index is -0.688. The van der Waals surface area contributed by atoms with E-state index in [4.69, 9.17) is 9.84 Å². The lowest BCUT2D eigenvalue weighted by molar-refractivity contribution is -0.138. The van der Waals surface area contributed by atoms with Gasteiger partial charge < -0.3 is 9.84 Å². The zero-order chi connectivity index (χ0) is 12.3. The lowest BCUT2D eigenvalue weighted by Crippen LogP contribution is -2.09. The average molecular weight is 234 g/mol. The van der Waals surface area contributed by atoms with Crippen LogP contribution >= 0.6 is 0 Å². The summed E-state index contributed by atoms with van der Waals surface area (Å²) < 4.78 is 5.22. The Morgan fingerprint density at radius 3 is 3.00 bits per heavy atom. The number of fused-ring (bicyclic) bond motifs is 1. The first-order valence-corrected chi connectivity index (χ1v) is 6.06. The molecule has 0 heterocycles. The number of hydrogen-bond donors (Lipinski definition) is 1. The van der Waals surface area contributed by atoms with Crippen molar-refractivity contribution in [2.45, 2.75) is 32.1 Å². The molecule has 1 aromatic rings. The van der Waals surface area contributed by atoms with Gasteiger partial charge in [0.25, 0.3) is 0 Å². The van der Waals surface area contributed by atoms with Crippen LogP contribution in [-0.2, 0) is 17.6 Å². The van der Waals surface area contributed by atoms with E-state index in [9.17, 15) is 4.79 Å². The van der Waals surface area contributed by atoms with Crippen LogP contribution in [0.2, 0.25) is 0 Å². The fourth-order valence-electron chi connectivity index (χ4n) is 2.58. The van der Waals surface area contributed by atoms with Crippen molar-refractivity contribution in [1.82, 2.24) is 0 Å². The molecule has 1 atom stereocenters. The molecule has 0 spiro atoms. The highest BCUT2D eigenvalue weighted by Crippen LogP contribution is 2.29. The molecular weight excluding hydrogens is 216 g/mol. The van der Waals surface area contributed by atoms with E-state index in [1.165, 1.54) is 11.1 Å². The Labute approximate surface area is 101 Å². The maximum Gasteiger partial charge on any atom is 0.303 e. The van der Waals surface area contributed by atoms with Gasteiger partial charge in [0, 0.05) is 6.42 Å². The average Bonchev–Trinajstić information content (AvgIpc) is 2.48. The minimum Gasteiger partial charge on any atom is -0.497 e. The third-order valence-electron chi connectivity index (χ3n) is 3.44. The van der Waals surface area contributed by atoms with E-state index in [-0.39, 0.29) is 12.3 Å². The Morgan fingerprint density at radius 1 is 1.47 bits per heavy atom. The van der Waals surface area contributed by atoms with E-state index in [0.717, 1.165) is 31.4 Å². The summed E-state index contributed by atoms with van der Waals surface area (Å²) in [7, 11) is 1.67. The molecule has 2 rings (SSSR count).